The van der Waals surface area contributed by atoms with E-state index in [0.717, 1.165) is 31.6 Å². The Morgan fingerprint density at radius 3 is 2.17 bits per heavy atom. The molecule has 2 atom stereocenters. The lowest BCUT2D eigenvalue weighted by atomic mass is 9.79. The molecule has 42 heavy (non-hydrogen) atoms. The number of nitrogens with one attached hydrogen (secondary N) is 1. The van der Waals surface area contributed by atoms with Crippen molar-refractivity contribution in [1.29, 1.82) is 0 Å². The number of hydrogen-bond acceptors (Lipinski definition) is 7. The van der Waals surface area contributed by atoms with Crippen LogP contribution in [0.2, 0.25) is 0 Å². The molecule has 1 aliphatic heterocycles. The minimum atomic E-state index is -0.702. The first kappa shape index (κ1) is 30.7. The second-order valence-electron chi connectivity index (χ2n) is 10.2. The highest BCUT2D eigenvalue weighted by atomic mass is 16.5. The number of rotatable bonds is 13. The van der Waals surface area contributed by atoms with Gasteiger partial charge in [0.1, 0.15) is 0 Å². The zero-order chi connectivity index (χ0) is 30.2. The van der Waals surface area contributed by atoms with Gasteiger partial charge in [0, 0.05) is 32.2 Å². The van der Waals surface area contributed by atoms with Crippen molar-refractivity contribution < 1.29 is 28.5 Å². The molecule has 0 fully saturated rings. The topological polar surface area (TPSA) is 89.6 Å². The van der Waals surface area contributed by atoms with Gasteiger partial charge in [-0.25, -0.2) is 0 Å². The highest BCUT2D eigenvalue weighted by Gasteiger charge is 2.43. The molecule has 3 aromatic carbocycles. The molecule has 0 radical (unpaired) electrons. The summed E-state index contributed by atoms with van der Waals surface area (Å²) < 4.78 is 22.0. The van der Waals surface area contributed by atoms with Crippen LogP contribution in [-0.4, -0.2) is 76.7 Å². The van der Waals surface area contributed by atoms with Crippen LogP contribution in [0.25, 0.3) is 0 Å². The number of carbonyl (C=O) groups is 2. The number of likely N-dealkylation sites (N-methyl/N-ethyl adjacent to an activating group) is 1. The van der Waals surface area contributed by atoms with Crippen LogP contribution >= 0.6 is 0 Å². The Morgan fingerprint density at radius 1 is 0.881 bits per heavy atom. The second kappa shape index (κ2) is 14.1. The highest BCUT2D eigenvalue weighted by molar-refractivity contribution is 6.02. The van der Waals surface area contributed by atoms with E-state index in [1.54, 1.807) is 44.4 Å². The van der Waals surface area contributed by atoms with Gasteiger partial charge in [-0.3, -0.25) is 14.5 Å². The van der Waals surface area contributed by atoms with Crippen molar-refractivity contribution >= 4 is 11.8 Å². The van der Waals surface area contributed by atoms with Gasteiger partial charge < -0.3 is 29.2 Å². The number of nitrogens with zero attached hydrogens (tertiary/aromatic N) is 2. The monoisotopic (exact) mass is 575 g/mol. The molecule has 0 saturated heterocycles. The molecule has 0 bridgehead atoms. The van der Waals surface area contributed by atoms with E-state index in [1.165, 1.54) is 19.8 Å². The van der Waals surface area contributed by atoms with Crippen molar-refractivity contribution in [2.75, 3.05) is 55.1 Å². The predicted octanol–water partition coefficient (Wildman–Crippen LogP) is 4.66. The maximum absolute atomic E-state index is 14.0. The summed E-state index contributed by atoms with van der Waals surface area (Å²) in [5, 5.41) is 3.16. The fraction of sp³-hybridized carbons (Fsp3) is 0.394. The molecule has 1 heterocycles. The summed E-state index contributed by atoms with van der Waals surface area (Å²) in [6.45, 7) is 5.25. The van der Waals surface area contributed by atoms with E-state index >= 15 is 0 Å². The van der Waals surface area contributed by atoms with Gasteiger partial charge in [-0.1, -0.05) is 43.3 Å². The van der Waals surface area contributed by atoms with Gasteiger partial charge in [0.05, 0.1) is 40.4 Å². The summed E-state index contributed by atoms with van der Waals surface area (Å²) in [7, 11) is 7.91. The molecule has 9 nitrogen and oxygen atoms in total. The van der Waals surface area contributed by atoms with Gasteiger partial charge in [0.2, 0.25) is 5.91 Å². The molecule has 3 aromatic rings. The number of carbonyl (C=O) groups excluding carboxylic acids is 2. The number of benzene rings is 3. The molecule has 0 spiro atoms. The van der Waals surface area contributed by atoms with Crippen molar-refractivity contribution in [1.82, 2.24) is 15.1 Å². The molecule has 1 aliphatic rings. The van der Waals surface area contributed by atoms with Crippen LogP contribution in [-0.2, 0) is 11.3 Å². The molecule has 0 unspecified atom stereocenters. The summed E-state index contributed by atoms with van der Waals surface area (Å²) in [6, 6.07) is 18.7. The van der Waals surface area contributed by atoms with E-state index in [2.05, 4.69) is 29.3 Å². The molecule has 0 aromatic heterocycles. The van der Waals surface area contributed by atoms with Crippen LogP contribution < -0.4 is 24.3 Å². The van der Waals surface area contributed by atoms with E-state index in [0.29, 0.717) is 40.7 Å². The average molecular weight is 576 g/mol. The second-order valence-corrected chi connectivity index (χ2v) is 10.2. The van der Waals surface area contributed by atoms with Crippen LogP contribution in [0.15, 0.2) is 60.7 Å². The molecule has 1 N–H and O–H groups in total. The standard InChI is InChI=1S/C33H41N3O6/c1-7-36(21-22-12-9-8-10-13-22)17-11-16-34-32(37)30-24-19-28(41-5)29(42-6)20-25(24)33(38)35(2)31(30)23-14-15-26(39-3)27(18-23)40-4/h8-10,12-15,18-20,30-31H,7,11,16-17,21H2,1-6H3,(H,34,37)/t30-,31+/m0/s1. The van der Waals surface area contributed by atoms with Crippen molar-refractivity contribution in [2.45, 2.75) is 31.8 Å². The Kier molecular flexibility index (Phi) is 10.3. The van der Waals surface area contributed by atoms with Gasteiger partial charge in [-0.15, -0.1) is 0 Å². The summed E-state index contributed by atoms with van der Waals surface area (Å²) in [6.07, 6.45) is 0.785. The number of amides is 2. The van der Waals surface area contributed by atoms with Gasteiger partial charge in [0.25, 0.3) is 5.91 Å². The molecular formula is C33H41N3O6. The van der Waals surface area contributed by atoms with E-state index in [4.69, 9.17) is 18.9 Å². The van der Waals surface area contributed by atoms with Crippen LogP contribution in [0.4, 0.5) is 0 Å². The van der Waals surface area contributed by atoms with Gasteiger partial charge in [0.15, 0.2) is 23.0 Å². The van der Waals surface area contributed by atoms with Gasteiger partial charge >= 0.3 is 0 Å². The SMILES string of the molecule is CCN(CCCNC(=O)[C@H]1c2cc(OC)c(OC)cc2C(=O)N(C)[C@@H]1c1ccc(OC)c(OC)c1)Cc1ccccc1. The fourth-order valence-corrected chi connectivity index (χ4v) is 5.60. The third-order valence-electron chi connectivity index (χ3n) is 7.85. The van der Waals surface area contributed by atoms with E-state index < -0.39 is 12.0 Å². The third kappa shape index (κ3) is 6.46. The predicted molar refractivity (Wildman–Crippen MR) is 162 cm³/mol. The fourth-order valence-electron chi connectivity index (χ4n) is 5.60. The van der Waals surface area contributed by atoms with E-state index in [-0.39, 0.29) is 11.8 Å². The Labute approximate surface area is 248 Å². The molecule has 2 amide bonds. The van der Waals surface area contributed by atoms with Crippen LogP contribution in [0.5, 0.6) is 23.0 Å². The van der Waals surface area contributed by atoms with Crippen molar-refractivity contribution in [2.24, 2.45) is 0 Å². The van der Waals surface area contributed by atoms with E-state index in [1.807, 2.05) is 30.3 Å². The minimum Gasteiger partial charge on any atom is -0.493 e. The first-order valence-corrected chi connectivity index (χ1v) is 14.2. The Morgan fingerprint density at radius 2 is 1.52 bits per heavy atom. The zero-order valence-electron chi connectivity index (χ0n) is 25.3. The highest BCUT2D eigenvalue weighted by Crippen LogP contribution is 2.46. The molecule has 0 aliphatic carbocycles. The Balaban J connectivity index is 1.62. The lowest BCUT2D eigenvalue weighted by molar-refractivity contribution is -0.124. The lowest BCUT2D eigenvalue weighted by Crippen LogP contribution is -2.46. The molecule has 9 heteroatoms. The van der Waals surface area contributed by atoms with Gasteiger partial charge in [-0.2, -0.15) is 0 Å². The molecule has 224 valence electrons. The normalized spacial score (nSPS) is 16.2. The molecule has 4 rings (SSSR count). The summed E-state index contributed by atoms with van der Waals surface area (Å²) in [4.78, 5) is 31.7. The Hall–Kier alpha value is -4.24. The Bertz CT molecular complexity index is 1380. The first-order valence-electron chi connectivity index (χ1n) is 14.2. The number of hydrogen-bond donors (Lipinski definition) is 1. The number of methoxy groups -OCH3 is 4. The smallest absolute Gasteiger partial charge is 0.254 e. The van der Waals surface area contributed by atoms with E-state index in [9.17, 15) is 9.59 Å². The zero-order valence-corrected chi connectivity index (χ0v) is 25.3. The largest absolute Gasteiger partial charge is 0.493 e. The van der Waals surface area contributed by atoms with Crippen LogP contribution in [0, 0.1) is 0 Å². The van der Waals surface area contributed by atoms with Crippen LogP contribution in [0.1, 0.15) is 52.4 Å². The summed E-state index contributed by atoms with van der Waals surface area (Å²) >= 11 is 0. The maximum Gasteiger partial charge on any atom is 0.254 e. The maximum atomic E-state index is 14.0. The quantitative estimate of drug-likeness (QED) is 0.297. The van der Waals surface area contributed by atoms with Crippen LogP contribution in [0.3, 0.4) is 0 Å². The number of ether oxygens (including phenoxy) is 4. The molecule has 0 saturated carbocycles. The van der Waals surface area contributed by atoms with Crippen molar-refractivity contribution in [3.8, 4) is 23.0 Å². The van der Waals surface area contributed by atoms with Gasteiger partial charge in [-0.05, 0) is 53.9 Å². The molecular weight excluding hydrogens is 534 g/mol. The first-order chi connectivity index (χ1) is 20.4. The summed E-state index contributed by atoms with van der Waals surface area (Å²) in [5.41, 5.74) is 3.01. The minimum absolute atomic E-state index is 0.172. The van der Waals surface area contributed by atoms with Crippen molar-refractivity contribution in [3.63, 3.8) is 0 Å². The summed E-state index contributed by atoms with van der Waals surface area (Å²) in [5.74, 6) is 0.882. The average Bonchev–Trinajstić information content (AvgIpc) is 3.03. The number of fused-ring (bicyclic) bond motifs is 1. The lowest BCUT2D eigenvalue weighted by Gasteiger charge is -2.40. The third-order valence-corrected chi connectivity index (χ3v) is 7.85. The van der Waals surface area contributed by atoms with Crippen molar-refractivity contribution in [3.05, 3.63) is 82.9 Å².